The second-order valence-electron chi connectivity index (χ2n) is 1.07. The summed E-state index contributed by atoms with van der Waals surface area (Å²) in [5, 5.41) is 1.79. The summed E-state index contributed by atoms with van der Waals surface area (Å²) in [6, 6.07) is 0. The van der Waals surface area contributed by atoms with Crippen LogP contribution in [0.5, 0.6) is 0 Å². The van der Waals surface area contributed by atoms with Crippen LogP contribution in [-0.2, 0) is 10.3 Å². The fourth-order valence-electron chi connectivity index (χ4n) is 0.137. The van der Waals surface area contributed by atoms with Crippen molar-refractivity contribution in [1.29, 1.82) is 0 Å². The summed E-state index contributed by atoms with van der Waals surface area (Å²) in [6.07, 6.45) is -0.337. The molecule has 0 N–H and O–H groups in total. The molecule has 0 aromatic carbocycles. The molecule has 0 aliphatic heterocycles. The van der Waals surface area contributed by atoms with E-state index in [0.717, 1.165) is 0 Å². The maximum atomic E-state index is 11.5. The van der Waals surface area contributed by atoms with Gasteiger partial charge in [0.05, 0.1) is 11.2 Å². The van der Waals surface area contributed by atoms with Crippen molar-refractivity contribution in [3.63, 3.8) is 0 Å². The smallest absolute Gasteiger partial charge is 0.212 e. The maximum absolute atomic E-state index is 11.5. The highest BCUT2D eigenvalue weighted by molar-refractivity contribution is 7.71. The third-order valence-electron chi connectivity index (χ3n) is 0.382. The van der Waals surface area contributed by atoms with Gasteiger partial charge in [-0.25, -0.2) is 4.39 Å². The molecule has 0 atom stereocenters. The van der Waals surface area contributed by atoms with Crippen molar-refractivity contribution in [3.8, 4) is 0 Å². The SMILES string of the molecule is C=C(F)C[C]=S(=O)=O. The van der Waals surface area contributed by atoms with E-state index in [0.29, 0.717) is 0 Å². The minimum Gasteiger partial charge on any atom is -0.212 e. The highest BCUT2D eigenvalue weighted by Gasteiger charge is 1.84. The predicted molar refractivity (Wildman–Crippen MR) is 28.8 cm³/mol. The highest BCUT2D eigenvalue weighted by Crippen LogP contribution is 1.92. The van der Waals surface area contributed by atoms with Crippen molar-refractivity contribution in [2.75, 3.05) is 0 Å². The average molecular weight is 135 g/mol. The molecular formula is C4H4FO2S. The van der Waals surface area contributed by atoms with Crippen molar-refractivity contribution in [1.82, 2.24) is 0 Å². The van der Waals surface area contributed by atoms with Crippen LogP contribution in [0.2, 0.25) is 0 Å². The average Bonchev–Trinajstić information content (AvgIpc) is 1.61. The van der Waals surface area contributed by atoms with E-state index in [9.17, 15) is 12.8 Å². The van der Waals surface area contributed by atoms with Crippen molar-refractivity contribution in [3.05, 3.63) is 12.4 Å². The number of halogens is 1. The zero-order chi connectivity index (χ0) is 6.57. The molecule has 0 fully saturated rings. The van der Waals surface area contributed by atoms with Gasteiger partial charge in [0, 0.05) is 6.42 Å². The van der Waals surface area contributed by atoms with Crippen LogP contribution in [0.3, 0.4) is 0 Å². The summed E-state index contributed by atoms with van der Waals surface area (Å²) in [5.74, 6) is -0.700. The second kappa shape index (κ2) is 3.37. The zero-order valence-electron chi connectivity index (χ0n) is 4.02. The third kappa shape index (κ3) is 5.36. The quantitative estimate of drug-likeness (QED) is 0.514. The molecule has 4 heteroatoms. The molecule has 0 unspecified atom stereocenters. The minimum absolute atomic E-state index is 0.337. The normalized spacial score (nSPS) is 8.12. The molecule has 1 radical (unpaired) electrons. The van der Waals surface area contributed by atoms with Crippen LogP contribution in [0.4, 0.5) is 4.39 Å². The van der Waals surface area contributed by atoms with Crippen LogP contribution >= 0.6 is 0 Å². The molecule has 0 rings (SSSR count). The van der Waals surface area contributed by atoms with Gasteiger partial charge in [-0.2, -0.15) is 8.42 Å². The lowest BCUT2D eigenvalue weighted by atomic mass is 10.5. The Kier molecular flexibility index (Phi) is 3.10. The van der Waals surface area contributed by atoms with E-state index >= 15 is 0 Å². The molecule has 45 valence electrons. The molecule has 0 heterocycles. The Hall–Kier alpha value is -0.640. The van der Waals surface area contributed by atoms with E-state index in [1.807, 2.05) is 0 Å². The van der Waals surface area contributed by atoms with Crippen LogP contribution in [0.15, 0.2) is 12.4 Å². The first-order valence-electron chi connectivity index (χ1n) is 1.79. The van der Waals surface area contributed by atoms with Gasteiger partial charge in [-0.3, -0.25) is 0 Å². The summed E-state index contributed by atoms with van der Waals surface area (Å²) in [5.41, 5.74) is 0. The minimum atomic E-state index is -2.39. The molecule has 8 heavy (non-hydrogen) atoms. The number of hydrogen-bond donors (Lipinski definition) is 0. The van der Waals surface area contributed by atoms with Crippen LogP contribution in [0.25, 0.3) is 0 Å². The van der Waals surface area contributed by atoms with Crippen molar-refractivity contribution < 1.29 is 12.8 Å². The van der Waals surface area contributed by atoms with Crippen molar-refractivity contribution in [2.45, 2.75) is 6.42 Å². The van der Waals surface area contributed by atoms with Crippen LogP contribution < -0.4 is 0 Å². The highest BCUT2D eigenvalue weighted by atomic mass is 32.2. The van der Waals surface area contributed by atoms with Crippen molar-refractivity contribution >= 4 is 15.7 Å². The standard InChI is InChI=1S/C4H4FO2S/c1-4(5)2-3-8(6)7/h1-2H2. The summed E-state index contributed by atoms with van der Waals surface area (Å²) >= 11 is 0. The topological polar surface area (TPSA) is 34.1 Å². The molecule has 0 aliphatic carbocycles. The predicted octanol–water partition coefficient (Wildman–Crippen LogP) is 0.418. The molecule has 0 amide bonds. The Morgan fingerprint density at radius 1 is 1.75 bits per heavy atom. The van der Waals surface area contributed by atoms with E-state index in [-0.39, 0.29) is 6.42 Å². The Morgan fingerprint density at radius 2 is 2.25 bits per heavy atom. The molecule has 0 spiro atoms. The first kappa shape index (κ1) is 7.36. The van der Waals surface area contributed by atoms with Crippen LogP contribution in [-0.4, -0.2) is 13.8 Å². The maximum Gasteiger partial charge on any atom is 0.219 e. The van der Waals surface area contributed by atoms with E-state index in [1.54, 1.807) is 5.37 Å². The number of rotatable bonds is 2. The Balaban J connectivity index is 3.81. The van der Waals surface area contributed by atoms with Crippen LogP contribution in [0.1, 0.15) is 6.42 Å². The molecular weight excluding hydrogens is 131 g/mol. The first-order chi connectivity index (χ1) is 3.63. The summed E-state index contributed by atoms with van der Waals surface area (Å²) in [4.78, 5) is 0. The van der Waals surface area contributed by atoms with Gasteiger partial charge in [0.25, 0.3) is 0 Å². The molecule has 0 saturated heterocycles. The Labute approximate surface area is 48.2 Å². The summed E-state index contributed by atoms with van der Waals surface area (Å²) in [7, 11) is -2.39. The van der Waals surface area contributed by atoms with E-state index in [4.69, 9.17) is 0 Å². The lowest BCUT2D eigenvalue weighted by Gasteiger charge is -1.75. The molecule has 0 aromatic heterocycles. The van der Waals surface area contributed by atoms with Crippen molar-refractivity contribution in [2.24, 2.45) is 0 Å². The Morgan fingerprint density at radius 3 is 2.38 bits per heavy atom. The van der Waals surface area contributed by atoms with Gasteiger partial charge < -0.3 is 0 Å². The third-order valence-corrected chi connectivity index (χ3v) is 0.762. The molecule has 0 aliphatic rings. The fourth-order valence-corrected chi connectivity index (χ4v) is 0.412. The van der Waals surface area contributed by atoms with Crippen LogP contribution in [0, 0.1) is 0 Å². The fraction of sp³-hybridized carbons (Fsp3) is 0.250. The van der Waals surface area contributed by atoms with Gasteiger partial charge >= 0.3 is 0 Å². The molecule has 0 aromatic rings. The van der Waals surface area contributed by atoms with Gasteiger partial charge in [0.1, 0.15) is 0 Å². The summed E-state index contributed by atoms with van der Waals surface area (Å²) in [6.45, 7) is 2.82. The van der Waals surface area contributed by atoms with Gasteiger partial charge in [0.2, 0.25) is 10.3 Å². The van der Waals surface area contributed by atoms with Gasteiger partial charge in [0.15, 0.2) is 0 Å². The monoisotopic (exact) mass is 135 g/mol. The molecule has 0 bridgehead atoms. The van der Waals surface area contributed by atoms with Gasteiger partial charge in [-0.1, -0.05) is 6.58 Å². The molecule has 2 nitrogen and oxygen atoms in total. The lowest BCUT2D eigenvalue weighted by Crippen LogP contribution is -1.74. The van der Waals surface area contributed by atoms with Gasteiger partial charge in [-0.05, 0) is 0 Å². The van der Waals surface area contributed by atoms with E-state index < -0.39 is 16.1 Å². The van der Waals surface area contributed by atoms with E-state index in [2.05, 4.69) is 6.58 Å². The largest absolute Gasteiger partial charge is 0.219 e. The summed E-state index contributed by atoms with van der Waals surface area (Å²) < 4.78 is 30.7. The van der Waals surface area contributed by atoms with Gasteiger partial charge in [-0.15, -0.1) is 0 Å². The first-order valence-corrected chi connectivity index (χ1v) is 2.86. The zero-order valence-corrected chi connectivity index (χ0v) is 4.83. The second-order valence-corrected chi connectivity index (χ2v) is 1.83. The lowest BCUT2D eigenvalue weighted by molar-refractivity contribution is 0.622. The number of hydrogen-bond acceptors (Lipinski definition) is 2. The molecule has 0 saturated carbocycles. The Bertz CT molecular complexity index is 194. The van der Waals surface area contributed by atoms with E-state index in [1.165, 1.54) is 0 Å². The number of allylic oxidation sites excluding steroid dienone is 1.